The number of nitrogens with zero attached hydrogens (tertiary/aromatic N) is 1. The number of anilines is 1. The van der Waals surface area contributed by atoms with Crippen molar-refractivity contribution in [3.8, 4) is 17.6 Å². The fraction of sp³-hybridized carbons (Fsp3) is 0.133. The van der Waals surface area contributed by atoms with Crippen LogP contribution >= 0.6 is 0 Å². The molecule has 0 aliphatic carbocycles. The van der Waals surface area contributed by atoms with Gasteiger partial charge in [0.1, 0.15) is 24.1 Å². The molecule has 0 bridgehead atoms. The minimum absolute atomic E-state index is 0.0955. The molecule has 1 N–H and O–H groups in total. The summed E-state index contributed by atoms with van der Waals surface area (Å²) >= 11 is 0. The van der Waals surface area contributed by atoms with E-state index in [1.54, 1.807) is 18.2 Å². The molecular weight excluding hydrogens is 455 g/mol. The van der Waals surface area contributed by atoms with Crippen LogP contribution in [0.15, 0.2) is 84.4 Å². The van der Waals surface area contributed by atoms with Crippen LogP contribution in [-0.2, 0) is 11.4 Å². The van der Waals surface area contributed by atoms with Crippen LogP contribution in [0.3, 0.4) is 0 Å². The largest absolute Gasteiger partial charge is 0.490 e. The molecule has 0 aliphatic heterocycles. The summed E-state index contributed by atoms with van der Waals surface area (Å²) in [6, 6.07) is 24.9. The van der Waals surface area contributed by atoms with Gasteiger partial charge in [-0.2, -0.15) is 5.26 Å². The highest BCUT2D eigenvalue weighted by atomic mass is 19.1. The van der Waals surface area contributed by atoms with E-state index in [9.17, 15) is 14.4 Å². The Labute approximate surface area is 209 Å². The molecule has 0 aliphatic rings. The van der Waals surface area contributed by atoms with Crippen LogP contribution in [0, 0.1) is 24.1 Å². The van der Waals surface area contributed by atoms with Gasteiger partial charge in [0.05, 0.1) is 6.61 Å². The Bertz CT molecular complexity index is 1470. The molecule has 0 unspecified atom stereocenters. The summed E-state index contributed by atoms with van der Waals surface area (Å²) in [5.41, 5.74) is 3.14. The van der Waals surface area contributed by atoms with Crippen LogP contribution in [-0.4, -0.2) is 12.5 Å². The average molecular weight is 481 g/mol. The molecule has 4 aromatic carbocycles. The zero-order chi connectivity index (χ0) is 25.5. The molecule has 180 valence electrons. The zero-order valence-corrected chi connectivity index (χ0v) is 20.0. The number of hydrogen-bond acceptors (Lipinski definition) is 4. The molecule has 0 heterocycles. The van der Waals surface area contributed by atoms with E-state index in [4.69, 9.17) is 9.47 Å². The summed E-state index contributed by atoms with van der Waals surface area (Å²) in [5.74, 6) is 0.0789. The van der Waals surface area contributed by atoms with E-state index < -0.39 is 11.7 Å². The molecule has 0 atom stereocenters. The topological polar surface area (TPSA) is 71.3 Å². The second-order valence-electron chi connectivity index (χ2n) is 8.14. The van der Waals surface area contributed by atoms with E-state index in [0.29, 0.717) is 36.0 Å². The number of nitriles is 1. The van der Waals surface area contributed by atoms with Crippen LogP contribution in [0.25, 0.3) is 16.8 Å². The molecule has 36 heavy (non-hydrogen) atoms. The first kappa shape index (κ1) is 24.5. The maximum Gasteiger partial charge on any atom is 0.266 e. The summed E-state index contributed by atoms with van der Waals surface area (Å²) in [6.45, 7) is 4.72. The lowest BCUT2D eigenvalue weighted by molar-refractivity contribution is -0.112. The van der Waals surface area contributed by atoms with Crippen LogP contribution in [0.4, 0.5) is 10.1 Å². The standard InChI is InChI=1S/C30H25FN2O3/c1-3-35-29-17-21(16-23(18-32)30(34)33-25-13-11-24(31)12-14-25)9-15-28(29)36-19-27-20(2)8-10-22-6-4-5-7-26(22)27/h4-17H,3,19H2,1-2H3,(H,33,34)/b23-16+. The first-order valence-corrected chi connectivity index (χ1v) is 11.5. The first-order valence-electron chi connectivity index (χ1n) is 11.5. The Morgan fingerprint density at radius 1 is 1.00 bits per heavy atom. The zero-order valence-electron chi connectivity index (χ0n) is 20.0. The number of hydrogen-bond donors (Lipinski definition) is 1. The SMILES string of the molecule is CCOc1cc(/C=C(\C#N)C(=O)Nc2ccc(F)cc2)ccc1OCc1c(C)ccc2ccccc12. The number of nitrogens with one attached hydrogen (secondary N) is 1. The quantitative estimate of drug-likeness (QED) is 0.222. The summed E-state index contributed by atoms with van der Waals surface area (Å²) in [7, 11) is 0. The fourth-order valence-corrected chi connectivity index (χ4v) is 3.84. The lowest BCUT2D eigenvalue weighted by Gasteiger charge is -2.15. The minimum atomic E-state index is -0.589. The average Bonchev–Trinajstić information content (AvgIpc) is 2.89. The van der Waals surface area contributed by atoms with Gasteiger partial charge in [0.15, 0.2) is 11.5 Å². The van der Waals surface area contributed by atoms with Crippen LogP contribution < -0.4 is 14.8 Å². The van der Waals surface area contributed by atoms with Gasteiger partial charge in [-0.3, -0.25) is 4.79 Å². The van der Waals surface area contributed by atoms with E-state index in [2.05, 4.69) is 36.5 Å². The van der Waals surface area contributed by atoms with Crippen molar-refractivity contribution >= 4 is 28.4 Å². The normalized spacial score (nSPS) is 11.1. The lowest BCUT2D eigenvalue weighted by Crippen LogP contribution is -2.13. The van der Waals surface area contributed by atoms with E-state index in [0.717, 1.165) is 21.9 Å². The Balaban J connectivity index is 1.56. The summed E-state index contributed by atoms with van der Waals surface area (Å²) in [5, 5.41) is 14.4. The number of ether oxygens (including phenoxy) is 2. The summed E-state index contributed by atoms with van der Waals surface area (Å²) in [4.78, 5) is 12.6. The van der Waals surface area contributed by atoms with Crippen molar-refractivity contribution in [2.24, 2.45) is 0 Å². The van der Waals surface area contributed by atoms with Crippen molar-refractivity contribution in [3.63, 3.8) is 0 Å². The summed E-state index contributed by atoms with van der Waals surface area (Å²) < 4.78 is 25.1. The van der Waals surface area contributed by atoms with E-state index in [1.807, 2.05) is 25.1 Å². The Morgan fingerprint density at radius 3 is 2.53 bits per heavy atom. The Morgan fingerprint density at radius 2 is 1.78 bits per heavy atom. The van der Waals surface area contributed by atoms with Crippen molar-refractivity contribution < 1.29 is 18.7 Å². The third-order valence-electron chi connectivity index (χ3n) is 5.69. The van der Waals surface area contributed by atoms with E-state index in [1.165, 1.54) is 30.3 Å². The number of fused-ring (bicyclic) bond motifs is 1. The molecular formula is C30H25FN2O3. The number of halogens is 1. The minimum Gasteiger partial charge on any atom is -0.490 e. The number of aryl methyl sites for hydroxylation is 1. The fourth-order valence-electron chi connectivity index (χ4n) is 3.84. The molecule has 1 amide bonds. The number of carbonyl (C=O) groups is 1. The third kappa shape index (κ3) is 5.70. The Hall–Kier alpha value is -4.63. The molecule has 5 nitrogen and oxygen atoms in total. The molecule has 0 radical (unpaired) electrons. The van der Waals surface area contributed by atoms with Crippen LogP contribution in [0.2, 0.25) is 0 Å². The van der Waals surface area contributed by atoms with Crippen molar-refractivity contribution in [1.29, 1.82) is 5.26 Å². The number of rotatable bonds is 8. The van der Waals surface area contributed by atoms with E-state index in [-0.39, 0.29) is 5.57 Å². The van der Waals surface area contributed by atoms with Gasteiger partial charge in [-0.1, -0.05) is 42.5 Å². The first-order chi connectivity index (χ1) is 17.5. The molecule has 4 aromatic rings. The van der Waals surface area contributed by atoms with Gasteiger partial charge in [0.2, 0.25) is 0 Å². The van der Waals surface area contributed by atoms with Crippen molar-refractivity contribution in [2.75, 3.05) is 11.9 Å². The maximum atomic E-state index is 13.1. The summed E-state index contributed by atoms with van der Waals surface area (Å²) in [6.07, 6.45) is 1.47. The highest BCUT2D eigenvalue weighted by Crippen LogP contribution is 2.31. The third-order valence-corrected chi connectivity index (χ3v) is 5.69. The van der Waals surface area contributed by atoms with Gasteiger partial charge in [-0.05, 0) is 78.2 Å². The molecule has 4 rings (SSSR count). The second-order valence-corrected chi connectivity index (χ2v) is 8.14. The second kappa shape index (κ2) is 11.2. The van der Waals surface area contributed by atoms with Gasteiger partial charge >= 0.3 is 0 Å². The van der Waals surface area contributed by atoms with Gasteiger partial charge in [0, 0.05) is 11.3 Å². The molecule has 0 saturated carbocycles. The van der Waals surface area contributed by atoms with Crippen molar-refractivity contribution in [1.82, 2.24) is 0 Å². The van der Waals surface area contributed by atoms with E-state index >= 15 is 0 Å². The van der Waals surface area contributed by atoms with Gasteiger partial charge in [-0.25, -0.2) is 4.39 Å². The molecule has 0 saturated heterocycles. The van der Waals surface area contributed by atoms with Crippen molar-refractivity contribution in [3.05, 3.63) is 107 Å². The lowest BCUT2D eigenvalue weighted by atomic mass is 10.0. The van der Waals surface area contributed by atoms with Gasteiger partial charge < -0.3 is 14.8 Å². The molecule has 0 aromatic heterocycles. The van der Waals surface area contributed by atoms with Crippen molar-refractivity contribution in [2.45, 2.75) is 20.5 Å². The van der Waals surface area contributed by atoms with Gasteiger partial charge in [0.25, 0.3) is 5.91 Å². The molecule has 0 fully saturated rings. The smallest absolute Gasteiger partial charge is 0.266 e. The molecule has 6 heteroatoms. The predicted molar refractivity (Wildman–Crippen MR) is 139 cm³/mol. The number of benzene rings is 4. The van der Waals surface area contributed by atoms with Gasteiger partial charge in [-0.15, -0.1) is 0 Å². The highest BCUT2D eigenvalue weighted by Gasteiger charge is 2.13. The predicted octanol–water partition coefficient (Wildman–Crippen LogP) is 6.81. The molecule has 0 spiro atoms. The monoisotopic (exact) mass is 480 g/mol. The highest BCUT2D eigenvalue weighted by molar-refractivity contribution is 6.09. The number of carbonyl (C=O) groups excluding carboxylic acids is 1. The van der Waals surface area contributed by atoms with Crippen LogP contribution in [0.1, 0.15) is 23.6 Å². The van der Waals surface area contributed by atoms with Crippen LogP contribution in [0.5, 0.6) is 11.5 Å². The Kier molecular flexibility index (Phi) is 7.62. The maximum absolute atomic E-state index is 13.1. The number of amides is 1.